The van der Waals surface area contributed by atoms with Gasteiger partial charge in [-0.3, -0.25) is 4.79 Å². The highest BCUT2D eigenvalue weighted by Gasteiger charge is 2.15. The molecule has 0 radical (unpaired) electrons. The third-order valence-electron chi connectivity index (χ3n) is 2.20. The molecule has 0 aliphatic heterocycles. The van der Waals surface area contributed by atoms with E-state index in [1.165, 1.54) is 19.1 Å². The summed E-state index contributed by atoms with van der Waals surface area (Å²) in [5.74, 6) is -0.730. The molecule has 0 unspecified atom stereocenters. The predicted molar refractivity (Wildman–Crippen MR) is 69.5 cm³/mol. The van der Waals surface area contributed by atoms with Gasteiger partial charge < -0.3 is 10.1 Å². The number of ether oxygens (including phenoxy) is 1. The van der Waals surface area contributed by atoms with Crippen molar-refractivity contribution in [3.63, 3.8) is 0 Å². The molecule has 0 aliphatic rings. The van der Waals surface area contributed by atoms with Crippen LogP contribution in [-0.2, 0) is 11.3 Å². The fourth-order valence-electron chi connectivity index (χ4n) is 1.44. The Bertz CT molecular complexity index is 492. The number of carbonyl (C=O) groups is 2. The lowest BCUT2D eigenvalue weighted by Gasteiger charge is -2.19. The third-order valence-corrected chi connectivity index (χ3v) is 2.20. The van der Waals surface area contributed by atoms with Gasteiger partial charge in [0, 0.05) is 12.1 Å². The van der Waals surface area contributed by atoms with Crippen LogP contribution in [0.4, 0.5) is 9.18 Å². The van der Waals surface area contributed by atoms with E-state index in [0.717, 1.165) is 0 Å². The van der Waals surface area contributed by atoms with Crippen molar-refractivity contribution >= 4 is 11.9 Å². The van der Waals surface area contributed by atoms with Gasteiger partial charge in [-0.1, -0.05) is 0 Å². The SMILES string of the molecule is CC(=O)c1cc(F)cc(CNC(=O)OC(C)(C)C)c1. The van der Waals surface area contributed by atoms with Gasteiger partial charge in [-0.05, 0) is 51.5 Å². The van der Waals surface area contributed by atoms with Gasteiger partial charge in [0.2, 0.25) is 0 Å². The second kappa shape index (κ2) is 5.82. The molecule has 4 nitrogen and oxygen atoms in total. The van der Waals surface area contributed by atoms with E-state index in [1.54, 1.807) is 26.8 Å². The van der Waals surface area contributed by atoms with E-state index >= 15 is 0 Å². The van der Waals surface area contributed by atoms with Gasteiger partial charge in [-0.2, -0.15) is 0 Å². The van der Waals surface area contributed by atoms with Gasteiger partial charge >= 0.3 is 6.09 Å². The molecule has 0 spiro atoms. The van der Waals surface area contributed by atoms with Crippen LogP contribution in [-0.4, -0.2) is 17.5 Å². The molecule has 1 rings (SSSR count). The Morgan fingerprint density at radius 2 is 1.89 bits per heavy atom. The van der Waals surface area contributed by atoms with E-state index in [9.17, 15) is 14.0 Å². The molecule has 104 valence electrons. The molecular weight excluding hydrogens is 249 g/mol. The number of halogens is 1. The Morgan fingerprint density at radius 3 is 2.42 bits per heavy atom. The maximum atomic E-state index is 13.3. The average molecular weight is 267 g/mol. The summed E-state index contributed by atoms with van der Waals surface area (Å²) >= 11 is 0. The summed E-state index contributed by atoms with van der Waals surface area (Å²) < 4.78 is 18.3. The average Bonchev–Trinajstić information content (AvgIpc) is 2.23. The molecule has 1 aromatic rings. The highest BCUT2D eigenvalue weighted by atomic mass is 19.1. The quantitative estimate of drug-likeness (QED) is 0.856. The predicted octanol–water partition coefficient (Wildman–Crippen LogP) is 3.05. The first kappa shape index (κ1) is 15.1. The minimum absolute atomic E-state index is 0.104. The zero-order chi connectivity index (χ0) is 14.6. The summed E-state index contributed by atoms with van der Waals surface area (Å²) in [6.45, 7) is 6.72. The molecule has 5 heteroatoms. The number of carbonyl (C=O) groups excluding carboxylic acids is 2. The Kier molecular flexibility index (Phi) is 4.64. The van der Waals surface area contributed by atoms with E-state index in [4.69, 9.17) is 4.74 Å². The molecular formula is C14H18FNO3. The van der Waals surface area contributed by atoms with Gasteiger partial charge in [0.15, 0.2) is 5.78 Å². The Balaban J connectivity index is 2.68. The number of hydrogen-bond acceptors (Lipinski definition) is 3. The van der Waals surface area contributed by atoms with Crippen LogP contribution in [0.3, 0.4) is 0 Å². The molecule has 0 heterocycles. The first-order chi connectivity index (χ1) is 8.67. The van der Waals surface area contributed by atoms with Crippen molar-refractivity contribution in [2.75, 3.05) is 0 Å². The minimum Gasteiger partial charge on any atom is -0.444 e. The van der Waals surface area contributed by atoms with Crippen LogP contribution in [0.2, 0.25) is 0 Å². The van der Waals surface area contributed by atoms with Crippen LogP contribution in [0.15, 0.2) is 18.2 Å². The number of Topliss-reactive ketones (excluding diaryl/α,β-unsaturated/α-hetero) is 1. The lowest BCUT2D eigenvalue weighted by Crippen LogP contribution is -2.32. The van der Waals surface area contributed by atoms with Crippen molar-refractivity contribution in [1.82, 2.24) is 5.32 Å². The zero-order valence-corrected chi connectivity index (χ0v) is 11.5. The van der Waals surface area contributed by atoms with Crippen LogP contribution >= 0.6 is 0 Å². The Morgan fingerprint density at radius 1 is 1.26 bits per heavy atom. The fraction of sp³-hybridized carbons (Fsp3) is 0.429. The highest BCUT2D eigenvalue weighted by molar-refractivity contribution is 5.94. The van der Waals surface area contributed by atoms with Gasteiger partial charge in [-0.15, -0.1) is 0 Å². The molecule has 1 N–H and O–H groups in total. The van der Waals surface area contributed by atoms with Crippen molar-refractivity contribution in [3.8, 4) is 0 Å². The van der Waals surface area contributed by atoms with E-state index in [0.29, 0.717) is 5.56 Å². The van der Waals surface area contributed by atoms with E-state index in [2.05, 4.69) is 5.32 Å². The Labute approximate surface area is 112 Å². The van der Waals surface area contributed by atoms with Crippen molar-refractivity contribution in [3.05, 3.63) is 35.1 Å². The van der Waals surface area contributed by atoms with Crippen molar-refractivity contribution in [1.29, 1.82) is 0 Å². The summed E-state index contributed by atoms with van der Waals surface area (Å²) in [4.78, 5) is 22.6. The number of amides is 1. The number of ketones is 1. The first-order valence-electron chi connectivity index (χ1n) is 5.94. The zero-order valence-electron chi connectivity index (χ0n) is 11.5. The smallest absolute Gasteiger partial charge is 0.407 e. The molecule has 1 aromatic carbocycles. The van der Waals surface area contributed by atoms with E-state index in [-0.39, 0.29) is 17.9 Å². The molecule has 19 heavy (non-hydrogen) atoms. The molecule has 1 amide bonds. The maximum Gasteiger partial charge on any atom is 0.407 e. The van der Waals surface area contributed by atoms with E-state index < -0.39 is 17.5 Å². The van der Waals surface area contributed by atoms with Gasteiger partial charge in [-0.25, -0.2) is 9.18 Å². The second-order valence-electron chi connectivity index (χ2n) is 5.26. The van der Waals surface area contributed by atoms with Crippen LogP contribution < -0.4 is 5.32 Å². The van der Waals surface area contributed by atoms with Gasteiger partial charge in [0.25, 0.3) is 0 Å². The number of hydrogen-bond donors (Lipinski definition) is 1. The first-order valence-corrected chi connectivity index (χ1v) is 5.94. The summed E-state index contributed by atoms with van der Waals surface area (Å²) in [6.07, 6.45) is -0.582. The molecule has 0 atom stereocenters. The van der Waals surface area contributed by atoms with Crippen LogP contribution in [0.1, 0.15) is 43.6 Å². The molecule has 0 bridgehead atoms. The largest absolute Gasteiger partial charge is 0.444 e. The number of benzene rings is 1. The normalized spacial score (nSPS) is 11.0. The molecule has 0 saturated carbocycles. The lowest BCUT2D eigenvalue weighted by atomic mass is 10.1. The monoisotopic (exact) mass is 267 g/mol. The number of alkyl carbamates (subject to hydrolysis) is 1. The summed E-state index contributed by atoms with van der Waals surface area (Å²) in [6, 6.07) is 3.98. The molecule has 0 saturated heterocycles. The molecule has 0 aromatic heterocycles. The minimum atomic E-state index is -0.587. The third kappa shape index (κ3) is 5.50. The second-order valence-corrected chi connectivity index (χ2v) is 5.26. The maximum absolute atomic E-state index is 13.3. The fourth-order valence-corrected chi connectivity index (χ4v) is 1.44. The van der Waals surface area contributed by atoms with Gasteiger partial charge in [0.1, 0.15) is 11.4 Å². The molecule has 0 fully saturated rings. The van der Waals surface area contributed by atoms with Crippen LogP contribution in [0.25, 0.3) is 0 Å². The summed E-state index contributed by atoms with van der Waals surface area (Å²) in [5.41, 5.74) is 0.202. The summed E-state index contributed by atoms with van der Waals surface area (Å²) in [5, 5.41) is 2.51. The number of rotatable bonds is 3. The number of nitrogens with one attached hydrogen (secondary N) is 1. The summed E-state index contributed by atoms with van der Waals surface area (Å²) in [7, 11) is 0. The topological polar surface area (TPSA) is 55.4 Å². The standard InChI is InChI=1S/C14H18FNO3/c1-9(17)11-5-10(6-12(15)7-11)8-16-13(18)19-14(2,3)4/h5-7H,8H2,1-4H3,(H,16,18). The van der Waals surface area contributed by atoms with Crippen LogP contribution in [0.5, 0.6) is 0 Å². The highest BCUT2D eigenvalue weighted by Crippen LogP contribution is 2.11. The Hall–Kier alpha value is -1.91. The van der Waals surface area contributed by atoms with Crippen molar-refractivity contribution in [2.24, 2.45) is 0 Å². The van der Waals surface area contributed by atoms with Gasteiger partial charge in [0.05, 0.1) is 0 Å². The van der Waals surface area contributed by atoms with Crippen molar-refractivity contribution < 1.29 is 18.7 Å². The van der Waals surface area contributed by atoms with E-state index in [1.807, 2.05) is 0 Å². The van der Waals surface area contributed by atoms with Crippen LogP contribution in [0, 0.1) is 5.82 Å². The molecule has 0 aliphatic carbocycles. The lowest BCUT2D eigenvalue weighted by molar-refractivity contribution is 0.0523. The van der Waals surface area contributed by atoms with Crippen molar-refractivity contribution in [2.45, 2.75) is 39.8 Å².